The van der Waals surface area contributed by atoms with Crippen molar-refractivity contribution in [3.63, 3.8) is 0 Å². The van der Waals surface area contributed by atoms with Crippen LogP contribution in [0.5, 0.6) is 17.2 Å². The van der Waals surface area contributed by atoms with Gasteiger partial charge in [-0.05, 0) is 61.9 Å². The molecule has 0 aliphatic heterocycles. The number of fused-ring (bicyclic) bond motifs is 4. The number of amides is 1. The molecule has 0 unspecified atom stereocenters. The molecule has 4 N–H and O–H groups in total. The van der Waals surface area contributed by atoms with Crippen LogP contribution in [0.25, 0.3) is 11.0 Å². The van der Waals surface area contributed by atoms with Gasteiger partial charge in [-0.25, -0.2) is 4.79 Å². The SMILES string of the molecule is COc1ccccc1NC(=O)Oc1ccc2c3c(oc2c1)C(C)(C)c1cc(OC[C@@H](O)[C@H](O)CO)ccc1C3=O. The number of hydrogen-bond acceptors (Lipinski definition) is 9. The maximum Gasteiger partial charge on any atom is 0.417 e. The molecule has 208 valence electrons. The third-order valence-electron chi connectivity index (χ3n) is 6.97. The van der Waals surface area contributed by atoms with Crippen molar-refractivity contribution in [1.82, 2.24) is 0 Å². The molecule has 0 radical (unpaired) electrons. The summed E-state index contributed by atoms with van der Waals surface area (Å²) in [5.41, 5.74) is 1.71. The van der Waals surface area contributed by atoms with Crippen LogP contribution in [-0.2, 0) is 5.41 Å². The van der Waals surface area contributed by atoms with E-state index in [4.69, 9.17) is 23.7 Å². The van der Waals surface area contributed by atoms with Gasteiger partial charge in [0.2, 0.25) is 0 Å². The lowest BCUT2D eigenvalue weighted by Gasteiger charge is -2.31. The van der Waals surface area contributed by atoms with E-state index in [0.29, 0.717) is 50.6 Å². The third kappa shape index (κ3) is 4.88. The van der Waals surface area contributed by atoms with Crippen LogP contribution in [0.1, 0.15) is 41.1 Å². The van der Waals surface area contributed by atoms with Crippen LogP contribution in [0.4, 0.5) is 10.5 Å². The van der Waals surface area contributed by atoms with Gasteiger partial charge >= 0.3 is 6.09 Å². The number of furan rings is 1. The summed E-state index contributed by atoms with van der Waals surface area (Å²) in [4.78, 5) is 26.1. The standard InChI is InChI=1S/C30H29NO9/c1-30(2)20-12-16(38-15-23(34)22(33)14-32)8-10-18(20)27(35)26-19-11-9-17(13-25(19)40-28(26)30)39-29(36)31-21-6-4-5-7-24(21)37-3/h4-13,22-23,32-34H,14-15H2,1-3H3,(H,31,36)/t22-,23-/m1/s1. The average Bonchev–Trinajstić information content (AvgIpc) is 3.34. The molecule has 0 fully saturated rings. The number of benzene rings is 3. The molecule has 10 heteroatoms. The number of aliphatic hydroxyl groups excluding tert-OH is 3. The van der Waals surface area contributed by atoms with Gasteiger partial charge in [-0.3, -0.25) is 10.1 Å². The maximum atomic E-state index is 13.6. The van der Waals surface area contributed by atoms with Gasteiger partial charge in [0.1, 0.15) is 47.4 Å². The van der Waals surface area contributed by atoms with Gasteiger partial charge in [0.15, 0.2) is 5.78 Å². The molecule has 1 aliphatic rings. The molecule has 4 aromatic rings. The van der Waals surface area contributed by atoms with E-state index >= 15 is 0 Å². The second kappa shape index (κ2) is 10.6. The van der Waals surface area contributed by atoms with Crippen molar-refractivity contribution in [3.8, 4) is 17.2 Å². The van der Waals surface area contributed by atoms with Gasteiger partial charge in [0.25, 0.3) is 0 Å². The number of ether oxygens (including phenoxy) is 3. The molecule has 1 amide bonds. The Bertz CT molecular complexity index is 1590. The monoisotopic (exact) mass is 547 g/mol. The number of rotatable bonds is 8. The topological polar surface area (TPSA) is 148 Å². The predicted octanol–water partition coefficient (Wildman–Crippen LogP) is 4.02. The highest BCUT2D eigenvalue weighted by Gasteiger charge is 2.42. The highest BCUT2D eigenvalue weighted by molar-refractivity contribution is 6.19. The summed E-state index contributed by atoms with van der Waals surface area (Å²) in [6, 6.07) is 16.8. The van der Waals surface area contributed by atoms with E-state index in [1.54, 1.807) is 60.7 Å². The van der Waals surface area contributed by atoms with Gasteiger partial charge in [-0.15, -0.1) is 0 Å². The quantitative estimate of drug-likeness (QED) is 0.257. The van der Waals surface area contributed by atoms with E-state index in [2.05, 4.69) is 5.32 Å². The number of para-hydroxylation sites is 2. The van der Waals surface area contributed by atoms with E-state index in [0.717, 1.165) is 0 Å². The number of methoxy groups -OCH3 is 1. The third-order valence-corrected chi connectivity index (χ3v) is 6.97. The van der Waals surface area contributed by atoms with Crippen molar-refractivity contribution in [2.24, 2.45) is 0 Å². The van der Waals surface area contributed by atoms with Crippen LogP contribution in [-0.4, -0.2) is 59.7 Å². The molecule has 1 aromatic heterocycles. The van der Waals surface area contributed by atoms with Gasteiger partial charge < -0.3 is 33.9 Å². The fourth-order valence-electron chi connectivity index (χ4n) is 4.80. The number of anilines is 1. The lowest BCUT2D eigenvalue weighted by Crippen LogP contribution is -2.34. The molecule has 10 nitrogen and oxygen atoms in total. The molecule has 0 bridgehead atoms. The summed E-state index contributed by atoms with van der Waals surface area (Å²) < 4.78 is 22.5. The number of carbonyl (C=O) groups is 2. The van der Waals surface area contributed by atoms with Crippen molar-refractivity contribution in [3.05, 3.63) is 83.1 Å². The molecule has 5 rings (SSSR count). The summed E-state index contributed by atoms with van der Waals surface area (Å²) in [5, 5.41) is 31.7. The Labute approximate surface area is 229 Å². The summed E-state index contributed by atoms with van der Waals surface area (Å²) >= 11 is 0. The van der Waals surface area contributed by atoms with Crippen LogP contribution >= 0.6 is 0 Å². The maximum absolute atomic E-state index is 13.6. The fourth-order valence-corrected chi connectivity index (χ4v) is 4.80. The van der Waals surface area contributed by atoms with Crippen LogP contribution in [0, 0.1) is 0 Å². The molecule has 0 saturated heterocycles. The van der Waals surface area contributed by atoms with E-state index in [1.165, 1.54) is 7.11 Å². The Balaban J connectivity index is 1.41. The zero-order valence-corrected chi connectivity index (χ0v) is 22.1. The number of hydrogen-bond donors (Lipinski definition) is 4. The smallest absolute Gasteiger partial charge is 0.417 e. The van der Waals surface area contributed by atoms with E-state index < -0.39 is 30.3 Å². The summed E-state index contributed by atoms with van der Waals surface area (Å²) in [6.45, 7) is 3.01. The highest BCUT2D eigenvalue weighted by Crippen LogP contribution is 2.46. The molecule has 0 spiro atoms. The summed E-state index contributed by atoms with van der Waals surface area (Å²) in [7, 11) is 1.50. The molecule has 40 heavy (non-hydrogen) atoms. The molecule has 2 atom stereocenters. The molecular formula is C30H29NO9. The van der Waals surface area contributed by atoms with Crippen molar-refractivity contribution in [2.75, 3.05) is 25.6 Å². The second-order valence-electron chi connectivity index (χ2n) is 9.97. The number of nitrogens with one attached hydrogen (secondary N) is 1. The van der Waals surface area contributed by atoms with Gasteiger partial charge in [0, 0.05) is 22.4 Å². The Morgan fingerprint density at radius 3 is 2.52 bits per heavy atom. The van der Waals surface area contributed by atoms with Crippen molar-refractivity contribution in [2.45, 2.75) is 31.5 Å². The minimum atomic E-state index is -1.32. The molecule has 1 heterocycles. The van der Waals surface area contributed by atoms with Gasteiger partial charge in [-0.2, -0.15) is 0 Å². The van der Waals surface area contributed by atoms with Crippen LogP contribution < -0.4 is 19.5 Å². The minimum absolute atomic E-state index is 0.215. The molecule has 3 aromatic carbocycles. The van der Waals surface area contributed by atoms with Crippen LogP contribution in [0.2, 0.25) is 0 Å². The van der Waals surface area contributed by atoms with Gasteiger partial charge in [0.05, 0.1) is 25.0 Å². The van der Waals surface area contributed by atoms with E-state index in [-0.39, 0.29) is 18.1 Å². The highest BCUT2D eigenvalue weighted by atomic mass is 16.6. The van der Waals surface area contributed by atoms with Crippen molar-refractivity contribution in [1.29, 1.82) is 0 Å². The molecule has 1 aliphatic carbocycles. The number of carbonyl (C=O) groups excluding carboxylic acids is 2. The van der Waals surface area contributed by atoms with Crippen molar-refractivity contribution < 1.29 is 43.5 Å². The lowest BCUT2D eigenvalue weighted by molar-refractivity contribution is -0.0339. The molecule has 0 saturated carbocycles. The first-order valence-electron chi connectivity index (χ1n) is 12.6. The number of aliphatic hydroxyl groups is 3. The zero-order chi connectivity index (χ0) is 28.6. The summed E-state index contributed by atoms with van der Waals surface area (Å²) in [6.07, 6.45) is -3.31. The van der Waals surface area contributed by atoms with E-state index in [9.17, 15) is 19.8 Å². The predicted molar refractivity (Wildman–Crippen MR) is 145 cm³/mol. The number of ketones is 1. The largest absolute Gasteiger partial charge is 0.495 e. The van der Waals surface area contributed by atoms with E-state index in [1.807, 2.05) is 13.8 Å². The van der Waals surface area contributed by atoms with Crippen molar-refractivity contribution >= 4 is 28.5 Å². The fraction of sp³-hybridized carbons (Fsp3) is 0.267. The Hall–Kier alpha value is -4.38. The Morgan fingerprint density at radius 1 is 1.02 bits per heavy atom. The first kappa shape index (κ1) is 27.2. The molecular weight excluding hydrogens is 518 g/mol. The zero-order valence-electron chi connectivity index (χ0n) is 22.1. The minimum Gasteiger partial charge on any atom is -0.495 e. The average molecular weight is 548 g/mol. The van der Waals surface area contributed by atoms with Crippen LogP contribution in [0.15, 0.2) is 65.1 Å². The normalized spacial score (nSPS) is 15.1. The Kier molecular flexibility index (Phi) is 7.24. The lowest BCUT2D eigenvalue weighted by atomic mass is 9.71. The summed E-state index contributed by atoms with van der Waals surface area (Å²) in [5.74, 6) is 1.35. The Morgan fingerprint density at radius 2 is 1.77 bits per heavy atom. The van der Waals surface area contributed by atoms with Crippen LogP contribution in [0.3, 0.4) is 0 Å². The first-order valence-corrected chi connectivity index (χ1v) is 12.6. The van der Waals surface area contributed by atoms with Gasteiger partial charge in [-0.1, -0.05) is 12.1 Å². The second-order valence-corrected chi connectivity index (χ2v) is 9.97. The first-order chi connectivity index (χ1) is 19.1.